The number of aromatic nitrogens is 1. The van der Waals surface area contributed by atoms with E-state index in [1.54, 1.807) is 0 Å². The SMILES string of the molecule is NOCc1nc(-c2c(F)cccc2F)oc1Nc1cccc(N2CCOCC2)c1. The summed E-state index contributed by atoms with van der Waals surface area (Å²) in [5, 5.41) is 3.10. The molecule has 1 aliphatic rings. The van der Waals surface area contributed by atoms with Crippen LogP contribution in [-0.4, -0.2) is 31.3 Å². The minimum Gasteiger partial charge on any atom is -0.420 e. The first kappa shape index (κ1) is 19.3. The molecule has 7 nitrogen and oxygen atoms in total. The van der Waals surface area contributed by atoms with Gasteiger partial charge in [-0.3, -0.25) is 4.84 Å². The summed E-state index contributed by atoms with van der Waals surface area (Å²) in [5.74, 6) is 3.64. The van der Waals surface area contributed by atoms with Crippen LogP contribution in [0.25, 0.3) is 11.5 Å². The van der Waals surface area contributed by atoms with E-state index in [9.17, 15) is 8.78 Å². The van der Waals surface area contributed by atoms with Crippen LogP contribution in [0.3, 0.4) is 0 Å². The Morgan fingerprint density at radius 2 is 1.83 bits per heavy atom. The monoisotopic (exact) mass is 402 g/mol. The quantitative estimate of drug-likeness (QED) is 0.610. The van der Waals surface area contributed by atoms with Crippen LogP contribution in [-0.2, 0) is 16.2 Å². The Balaban J connectivity index is 1.64. The predicted octanol–water partition coefficient (Wildman–Crippen LogP) is 3.59. The average molecular weight is 402 g/mol. The van der Waals surface area contributed by atoms with E-state index in [0.29, 0.717) is 18.9 Å². The zero-order chi connectivity index (χ0) is 20.2. The van der Waals surface area contributed by atoms with Gasteiger partial charge in [0, 0.05) is 24.5 Å². The number of nitrogens with one attached hydrogen (secondary N) is 1. The maximum Gasteiger partial charge on any atom is 0.235 e. The van der Waals surface area contributed by atoms with Crippen molar-refractivity contribution in [3.8, 4) is 11.5 Å². The molecular formula is C20H20F2N4O3. The first-order valence-electron chi connectivity index (χ1n) is 9.11. The van der Waals surface area contributed by atoms with Crippen LogP contribution >= 0.6 is 0 Å². The van der Waals surface area contributed by atoms with Crippen LogP contribution in [0, 0.1) is 11.6 Å². The van der Waals surface area contributed by atoms with Gasteiger partial charge in [0.2, 0.25) is 11.8 Å². The van der Waals surface area contributed by atoms with Crippen LogP contribution < -0.4 is 16.1 Å². The molecule has 1 saturated heterocycles. The number of nitrogens with two attached hydrogens (primary N) is 1. The van der Waals surface area contributed by atoms with Gasteiger partial charge in [-0.1, -0.05) is 12.1 Å². The second kappa shape index (κ2) is 8.56. The largest absolute Gasteiger partial charge is 0.420 e. The van der Waals surface area contributed by atoms with E-state index in [-0.39, 0.29) is 23.9 Å². The van der Waals surface area contributed by atoms with Crippen LogP contribution in [0.1, 0.15) is 5.69 Å². The third-order valence-corrected chi connectivity index (χ3v) is 4.57. The topological polar surface area (TPSA) is 85.8 Å². The maximum atomic E-state index is 14.1. The fourth-order valence-corrected chi connectivity index (χ4v) is 3.17. The highest BCUT2D eigenvalue weighted by atomic mass is 19.1. The number of nitrogens with zero attached hydrogens (tertiary/aromatic N) is 2. The van der Waals surface area contributed by atoms with E-state index in [1.807, 2.05) is 24.3 Å². The average Bonchev–Trinajstić information content (AvgIpc) is 3.11. The van der Waals surface area contributed by atoms with E-state index in [2.05, 4.69) is 20.0 Å². The molecule has 0 aliphatic carbocycles. The third kappa shape index (κ3) is 4.21. The summed E-state index contributed by atoms with van der Waals surface area (Å²) < 4.78 is 39.3. The second-order valence-corrected chi connectivity index (χ2v) is 6.48. The summed E-state index contributed by atoms with van der Waals surface area (Å²) in [7, 11) is 0. The Morgan fingerprint density at radius 1 is 1.10 bits per heavy atom. The van der Waals surface area contributed by atoms with Crippen molar-refractivity contribution >= 4 is 17.3 Å². The lowest BCUT2D eigenvalue weighted by Gasteiger charge is -2.29. The minimum absolute atomic E-state index is 0.0922. The van der Waals surface area contributed by atoms with Crippen LogP contribution in [0.15, 0.2) is 46.9 Å². The molecule has 4 rings (SSSR count). The Hall–Kier alpha value is -3.01. The first-order valence-corrected chi connectivity index (χ1v) is 9.11. The molecule has 0 unspecified atom stereocenters. The number of ether oxygens (including phenoxy) is 1. The third-order valence-electron chi connectivity index (χ3n) is 4.57. The zero-order valence-electron chi connectivity index (χ0n) is 15.5. The highest BCUT2D eigenvalue weighted by Gasteiger charge is 2.21. The zero-order valence-corrected chi connectivity index (χ0v) is 15.5. The van der Waals surface area contributed by atoms with E-state index < -0.39 is 11.6 Å². The standard InChI is InChI=1S/C20H20F2N4O3/c21-15-5-2-6-16(22)18(15)20-25-17(12-28-23)19(29-20)24-13-3-1-4-14(11-13)26-7-9-27-10-8-26/h1-6,11,24H,7-10,12,23H2. The van der Waals surface area contributed by atoms with Crippen molar-refractivity contribution in [2.24, 2.45) is 5.90 Å². The summed E-state index contributed by atoms with van der Waals surface area (Å²) >= 11 is 0. The molecule has 0 amide bonds. The lowest BCUT2D eigenvalue weighted by molar-refractivity contribution is 0.122. The van der Waals surface area contributed by atoms with Crippen molar-refractivity contribution in [3.05, 3.63) is 59.8 Å². The summed E-state index contributed by atoms with van der Waals surface area (Å²) in [4.78, 5) is 11.0. The summed E-state index contributed by atoms with van der Waals surface area (Å²) in [6.45, 7) is 2.86. The van der Waals surface area contributed by atoms with Gasteiger partial charge >= 0.3 is 0 Å². The summed E-state index contributed by atoms with van der Waals surface area (Å²) in [5.41, 5.74) is 1.70. The number of hydrogen-bond acceptors (Lipinski definition) is 7. The highest BCUT2D eigenvalue weighted by molar-refractivity contribution is 5.66. The molecule has 0 bridgehead atoms. The van der Waals surface area contributed by atoms with Gasteiger partial charge in [-0.2, -0.15) is 0 Å². The molecular weight excluding hydrogens is 382 g/mol. The van der Waals surface area contributed by atoms with Gasteiger partial charge in [0.1, 0.15) is 29.5 Å². The van der Waals surface area contributed by atoms with Crippen molar-refractivity contribution in [1.82, 2.24) is 4.98 Å². The number of hydrogen-bond donors (Lipinski definition) is 2. The molecule has 152 valence electrons. The van der Waals surface area contributed by atoms with Gasteiger partial charge in [0.15, 0.2) is 0 Å². The molecule has 0 spiro atoms. The first-order chi connectivity index (χ1) is 14.2. The van der Waals surface area contributed by atoms with Gasteiger partial charge in [-0.05, 0) is 30.3 Å². The van der Waals surface area contributed by atoms with Crippen LogP contribution in [0.2, 0.25) is 0 Å². The van der Waals surface area contributed by atoms with E-state index >= 15 is 0 Å². The van der Waals surface area contributed by atoms with E-state index in [4.69, 9.17) is 15.1 Å². The number of benzene rings is 2. The maximum absolute atomic E-state index is 14.1. The molecule has 2 heterocycles. The molecule has 1 fully saturated rings. The second-order valence-electron chi connectivity index (χ2n) is 6.48. The number of rotatable bonds is 6. The number of halogens is 2. The summed E-state index contributed by atoms with van der Waals surface area (Å²) in [6.07, 6.45) is 0. The number of morpholine rings is 1. The van der Waals surface area contributed by atoms with Crippen molar-refractivity contribution in [3.63, 3.8) is 0 Å². The molecule has 2 aromatic carbocycles. The molecule has 29 heavy (non-hydrogen) atoms. The highest BCUT2D eigenvalue weighted by Crippen LogP contribution is 2.32. The van der Waals surface area contributed by atoms with Crippen molar-refractivity contribution in [2.45, 2.75) is 6.61 Å². The smallest absolute Gasteiger partial charge is 0.235 e. The Bertz CT molecular complexity index is 969. The minimum atomic E-state index is -0.771. The molecule has 3 N–H and O–H groups in total. The van der Waals surface area contributed by atoms with E-state index in [0.717, 1.165) is 36.6 Å². The molecule has 1 aliphatic heterocycles. The normalized spacial score (nSPS) is 14.2. The number of oxazole rings is 1. The molecule has 0 saturated carbocycles. The molecule has 3 aromatic rings. The lowest BCUT2D eigenvalue weighted by Crippen LogP contribution is -2.36. The number of anilines is 3. The van der Waals surface area contributed by atoms with Crippen LogP contribution in [0.5, 0.6) is 0 Å². The fraction of sp³-hybridized carbons (Fsp3) is 0.250. The Morgan fingerprint density at radius 3 is 2.55 bits per heavy atom. The fourth-order valence-electron chi connectivity index (χ4n) is 3.17. The lowest BCUT2D eigenvalue weighted by atomic mass is 10.2. The van der Waals surface area contributed by atoms with Gasteiger partial charge in [-0.25, -0.2) is 19.7 Å². The molecule has 9 heteroatoms. The van der Waals surface area contributed by atoms with Crippen molar-refractivity contribution in [1.29, 1.82) is 0 Å². The van der Waals surface area contributed by atoms with Gasteiger partial charge < -0.3 is 19.4 Å². The van der Waals surface area contributed by atoms with Crippen molar-refractivity contribution in [2.75, 3.05) is 36.5 Å². The Kier molecular flexibility index (Phi) is 5.70. The van der Waals surface area contributed by atoms with Crippen molar-refractivity contribution < 1.29 is 22.8 Å². The predicted molar refractivity (Wildman–Crippen MR) is 104 cm³/mol. The Labute approximate surface area is 166 Å². The van der Waals surface area contributed by atoms with E-state index in [1.165, 1.54) is 6.07 Å². The summed E-state index contributed by atoms with van der Waals surface area (Å²) in [6, 6.07) is 11.3. The van der Waals surface area contributed by atoms with Gasteiger partial charge in [-0.15, -0.1) is 0 Å². The molecule has 1 aromatic heterocycles. The molecule has 0 radical (unpaired) electrons. The van der Waals surface area contributed by atoms with Gasteiger partial charge in [0.25, 0.3) is 0 Å². The van der Waals surface area contributed by atoms with Crippen LogP contribution in [0.4, 0.5) is 26.0 Å². The van der Waals surface area contributed by atoms with Gasteiger partial charge in [0.05, 0.1) is 13.2 Å². The molecule has 0 atom stereocenters.